The topological polar surface area (TPSA) is 71.4 Å². The van der Waals surface area contributed by atoms with Crippen molar-refractivity contribution in [2.45, 2.75) is 19.7 Å². The molecule has 0 saturated carbocycles. The first-order valence-corrected chi connectivity index (χ1v) is 4.67. The van der Waals surface area contributed by atoms with Crippen molar-refractivity contribution < 1.29 is 14.0 Å². The van der Waals surface area contributed by atoms with Crippen molar-refractivity contribution in [2.75, 3.05) is 0 Å². The third-order valence-corrected chi connectivity index (χ3v) is 1.97. The Balaban J connectivity index is 1.78. The molecule has 0 aliphatic rings. The Morgan fingerprint density at radius 1 is 1.20 bits per heavy atom. The normalized spacial score (nSPS) is 10.7. The summed E-state index contributed by atoms with van der Waals surface area (Å²) in [6.45, 7) is 1.17. The van der Waals surface area contributed by atoms with Crippen LogP contribution >= 0.6 is 0 Å². The summed E-state index contributed by atoms with van der Waals surface area (Å²) in [5.41, 5.74) is 0.851. The molecule has 0 aliphatic heterocycles. The summed E-state index contributed by atoms with van der Waals surface area (Å²) < 4.78 is 9.99. The van der Waals surface area contributed by atoms with Crippen LogP contribution in [0.25, 0.3) is 0 Å². The molecule has 0 atom stereocenters. The second-order valence-electron chi connectivity index (χ2n) is 3.12. The number of aliphatic hydroxyl groups excluding tert-OH is 1. The Bertz CT molecular complexity index is 394. The lowest BCUT2D eigenvalue weighted by Gasteiger charge is -1.98. The maximum absolute atomic E-state index is 8.79. The number of hydrogen-bond acceptors (Lipinski definition) is 5. The fraction of sp³-hybridized carbons (Fsp3) is 0.300. The molecular formula is C10H12N2O3. The number of nitrogens with zero attached hydrogens (tertiary/aromatic N) is 1. The molecular weight excluding hydrogens is 196 g/mol. The summed E-state index contributed by atoms with van der Waals surface area (Å²) in [7, 11) is 0. The molecule has 2 aromatic rings. The summed E-state index contributed by atoms with van der Waals surface area (Å²) in [4.78, 5) is 0. The number of nitrogens with one attached hydrogen (secondary N) is 1. The van der Waals surface area contributed by atoms with Crippen molar-refractivity contribution in [3.63, 3.8) is 0 Å². The summed E-state index contributed by atoms with van der Waals surface area (Å²) in [5, 5.41) is 15.7. The Morgan fingerprint density at radius 2 is 2.07 bits per heavy atom. The van der Waals surface area contributed by atoms with Gasteiger partial charge in [0.1, 0.15) is 24.4 Å². The van der Waals surface area contributed by atoms with Crippen LogP contribution in [0.5, 0.6) is 0 Å². The SMILES string of the molecule is OCc1ccc(CNCc2ccon2)o1. The minimum atomic E-state index is -0.0662. The molecule has 2 heterocycles. The maximum atomic E-state index is 8.79. The van der Waals surface area contributed by atoms with Crippen LogP contribution < -0.4 is 5.32 Å². The highest BCUT2D eigenvalue weighted by atomic mass is 16.5. The van der Waals surface area contributed by atoms with Crippen LogP contribution in [-0.2, 0) is 19.7 Å². The average Bonchev–Trinajstić information content (AvgIpc) is 2.88. The largest absolute Gasteiger partial charge is 0.462 e. The van der Waals surface area contributed by atoms with Gasteiger partial charge in [-0.1, -0.05) is 5.16 Å². The van der Waals surface area contributed by atoms with E-state index in [-0.39, 0.29) is 6.61 Å². The van der Waals surface area contributed by atoms with Gasteiger partial charge in [0.05, 0.1) is 12.2 Å². The van der Waals surface area contributed by atoms with Crippen molar-refractivity contribution in [1.29, 1.82) is 0 Å². The van der Waals surface area contributed by atoms with Gasteiger partial charge >= 0.3 is 0 Å². The first-order chi connectivity index (χ1) is 7.38. The van der Waals surface area contributed by atoms with Gasteiger partial charge in [-0.2, -0.15) is 0 Å². The van der Waals surface area contributed by atoms with E-state index in [1.807, 2.05) is 6.07 Å². The molecule has 0 fully saturated rings. The minimum Gasteiger partial charge on any atom is -0.462 e. The zero-order valence-electron chi connectivity index (χ0n) is 8.14. The van der Waals surface area contributed by atoms with E-state index in [0.29, 0.717) is 18.8 Å². The highest BCUT2D eigenvalue weighted by Crippen LogP contribution is 2.07. The lowest BCUT2D eigenvalue weighted by atomic mass is 10.4. The third kappa shape index (κ3) is 2.68. The Kier molecular flexibility index (Phi) is 3.16. The number of rotatable bonds is 5. The fourth-order valence-corrected chi connectivity index (χ4v) is 1.24. The van der Waals surface area contributed by atoms with Crippen molar-refractivity contribution >= 4 is 0 Å². The van der Waals surface area contributed by atoms with Crippen molar-refractivity contribution in [3.05, 3.63) is 41.7 Å². The highest BCUT2D eigenvalue weighted by Gasteiger charge is 2.01. The molecule has 2 aromatic heterocycles. The molecule has 0 bridgehead atoms. The molecule has 0 unspecified atom stereocenters. The van der Waals surface area contributed by atoms with E-state index in [1.54, 1.807) is 12.1 Å². The first kappa shape index (κ1) is 9.95. The van der Waals surface area contributed by atoms with Gasteiger partial charge in [0.2, 0.25) is 0 Å². The van der Waals surface area contributed by atoms with E-state index in [2.05, 4.69) is 10.5 Å². The van der Waals surface area contributed by atoms with Crippen LogP contribution in [0.15, 0.2) is 33.4 Å². The summed E-state index contributed by atoms with van der Waals surface area (Å²) in [5.74, 6) is 1.37. The Labute approximate surface area is 86.7 Å². The number of aromatic nitrogens is 1. The number of hydrogen-bond donors (Lipinski definition) is 2. The van der Waals surface area contributed by atoms with Gasteiger partial charge in [0.25, 0.3) is 0 Å². The summed E-state index contributed by atoms with van der Waals surface area (Å²) >= 11 is 0. The summed E-state index contributed by atoms with van der Waals surface area (Å²) in [6.07, 6.45) is 1.54. The Morgan fingerprint density at radius 3 is 2.73 bits per heavy atom. The van der Waals surface area contributed by atoms with Crippen LogP contribution in [0.2, 0.25) is 0 Å². The molecule has 80 valence electrons. The Hall–Kier alpha value is -1.59. The van der Waals surface area contributed by atoms with Gasteiger partial charge in [-0.3, -0.25) is 0 Å². The van der Waals surface area contributed by atoms with Crippen LogP contribution in [0, 0.1) is 0 Å². The van der Waals surface area contributed by atoms with Gasteiger partial charge in [0.15, 0.2) is 0 Å². The predicted octanol–water partition coefficient (Wildman–Crippen LogP) is 1.05. The van der Waals surface area contributed by atoms with Gasteiger partial charge in [-0.25, -0.2) is 0 Å². The molecule has 5 heteroatoms. The first-order valence-electron chi connectivity index (χ1n) is 4.67. The number of furan rings is 1. The quantitative estimate of drug-likeness (QED) is 0.768. The average molecular weight is 208 g/mol. The lowest BCUT2D eigenvalue weighted by molar-refractivity contribution is 0.242. The van der Waals surface area contributed by atoms with Gasteiger partial charge in [-0.05, 0) is 12.1 Å². The van der Waals surface area contributed by atoms with E-state index in [0.717, 1.165) is 11.5 Å². The standard InChI is InChI=1S/C10H12N2O3/c13-7-10-2-1-9(15-10)6-11-5-8-3-4-14-12-8/h1-4,11,13H,5-7H2. The second kappa shape index (κ2) is 4.77. The minimum absolute atomic E-state index is 0.0662. The molecule has 0 saturated heterocycles. The molecule has 0 aromatic carbocycles. The number of aliphatic hydroxyl groups is 1. The molecule has 2 rings (SSSR count). The fourth-order valence-electron chi connectivity index (χ4n) is 1.24. The molecule has 15 heavy (non-hydrogen) atoms. The molecule has 0 aliphatic carbocycles. The molecule has 5 nitrogen and oxygen atoms in total. The molecule has 2 N–H and O–H groups in total. The van der Waals surface area contributed by atoms with Crippen LogP contribution in [0.3, 0.4) is 0 Å². The maximum Gasteiger partial charge on any atom is 0.129 e. The molecule has 0 amide bonds. The lowest BCUT2D eigenvalue weighted by Crippen LogP contribution is -2.12. The highest BCUT2D eigenvalue weighted by molar-refractivity contribution is 5.06. The van der Waals surface area contributed by atoms with E-state index in [4.69, 9.17) is 14.0 Å². The van der Waals surface area contributed by atoms with Crippen LogP contribution in [0.4, 0.5) is 0 Å². The van der Waals surface area contributed by atoms with Crippen molar-refractivity contribution in [1.82, 2.24) is 10.5 Å². The van der Waals surface area contributed by atoms with Crippen molar-refractivity contribution in [3.8, 4) is 0 Å². The van der Waals surface area contributed by atoms with Crippen molar-refractivity contribution in [2.24, 2.45) is 0 Å². The van der Waals surface area contributed by atoms with Gasteiger partial charge < -0.3 is 19.4 Å². The molecule has 0 spiro atoms. The van der Waals surface area contributed by atoms with E-state index in [1.165, 1.54) is 6.26 Å². The predicted molar refractivity (Wildman–Crippen MR) is 51.7 cm³/mol. The van der Waals surface area contributed by atoms with Gasteiger partial charge in [-0.15, -0.1) is 0 Å². The second-order valence-corrected chi connectivity index (χ2v) is 3.12. The van der Waals surface area contributed by atoms with E-state index < -0.39 is 0 Å². The van der Waals surface area contributed by atoms with Crippen LogP contribution in [0.1, 0.15) is 17.2 Å². The smallest absolute Gasteiger partial charge is 0.129 e. The van der Waals surface area contributed by atoms with E-state index >= 15 is 0 Å². The van der Waals surface area contributed by atoms with E-state index in [9.17, 15) is 0 Å². The zero-order chi connectivity index (χ0) is 10.5. The van der Waals surface area contributed by atoms with Gasteiger partial charge in [0, 0.05) is 12.6 Å². The molecule has 0 radical (unpaired) electrons. The monoisotopic (exact) mass is 208 g/mol. The summed E-state index contributed by atoms with van der Waals surface area (Å²) in [6, 6.07) is 5.39. The van der Waals surface area contributed by atoms with Crippen LogP contribution in [-0.4, -0.2) is 10.3 Å². The third-order valence-electron chi connectivity index (χ3n) is 1.97. The zero-order valence-corrected chi connectivity index (χ0v) is 8.14.